The number of hydrogen-bond acceptors (Lipinski definition) is 7. The van der Waals surface area contributed by atoms with Gasteiger partial charge in [-0.2, -0.15) is 5.26 Å². The molecule has 4 atom stereocenters. The Bertz CT molecular complexity index is 1300. The minimum atomic E-state index is -0.538. The van der Waals surface area contributed by atoms with E-state index in [2.05, 4.69) is 16.4 Å². The third-order valence-corrected chi connectivity index (χ3v) is 7.70. The molecule has 0 bridgehead atoms. The van der Waals surface area contributed by atoms with E-state index in [0.717, 1.165) is 32.3 Å². The zero-order valence-corrected chi connectivity index (χ0v) is 26.5. The number of halogens is 1. The standard InChI is InChI=1S/C19H18FN3O3.C7H8N2O.C5H12O.C2H6/c20-17-8-14(5-6-16(17)13-2-1-7-21-9-13)23-11-15(26-19(23)25)10-22-18(24)12-3-4-12;8-1-5-6-2-9(4-10)3-7(5)6;1-5(2,3)6-4;1-2/h1-2,5-9,12,15H,3-4,10-11H2,(H,22,24);4-7H,2-3H2;1-4H3;1-2H3/t;5?,6-,7+;;. The highest BCUT2D eigenvalue weighted by Gasteiger charge is 2.56. The van der Waals surface area contributed by atoms with Crippen LogP contribution in [0.3, 0.4) is 0 Å². The quantitative estimate of drug-likeness (QED) is 0.455. The largest absolute Gasteiger partial charge is 0.442 e. The SMILES string of the molecule is CC.COC(C)(C)C.N#CC1[C@H]2CN(C=O)C[C@@H]12.O=C(NCC1CN(c2ccc(-c3cccnc3)c(F)c2)C(=O)O1)C1CC1. The monoisotopic (exact) mass is 609 g/mol. The number of nitrogens with one attached hydrogen (secondary N) is 1. The molecule has 2 saturated carbocycles. The number of nitriles is 1. The van der Waals surface area contributed by atoms with Crippen molar-refractivity contribution in [3.63, 3.8) is 0 Å². The smallest absolute Gasteiger partial charge is 0.414 e. The Balaban J connectivity index is 0.000000240. The number of anilines is 1. The van der Waals surface area contributed by atoms with Crippen LogP contribution in [0.1, 0.15) is 47.5 Å². The number of piperidine rings is 1. The maximum absolute atomic E-state index is 14.5. The van der Waals surface area contributed by atoms with Crippen molar-refractivity contribution in [1.29, 1.82) is 5.26 Å². The highest BCUT2D eigenvalue weighted by molar-refractivity contribution is 5.90. The predicted molar refractivity (Wildman–Crippen MR) is 165 cm³/mol. The molecule has 0 radical (unpaired) electrons. The predicted octanol–water partition coefficient (Wildman–Crippen LogP) is 5.04. The Kier molecular flexibility index (Phi) is 12.2. The van der Waals surface area contributed by atoms with Gasteiger partial charge in [0.1, 0.15) is 11.9 Å². The molecule has 1 N–H and O–H groups in total. The summed E-state index contributed by atoms with van der Waals surface area (Å²) < 4.78 is 24.7. The lowest BCUT2D eigenvalue weighted by Crippen LogP contribution is -2.35. The van der Waals surface area contributed by atoms with E-state index in [9.17, 15) is 18.8 Å². The molecule has 1 aromatic carbocycles. The Labute approximate surface area is 259 Å². The maximum atomic E-state index is 14.5. The molecule has 6 rings (SSSR count). The zero-order chi connectivity index (χ0) is 32.4. The van der Waals surface area contributed by atoms with Crippen LogP contribution < -0.4 is 10.2 Å². The third kappa shape index (κ3) is 9.48. The molecule has 10 nitrogen and oxygen atoms in total. The lowest BCUT2D eigenvalue weighted by molar-refractivity contribution is -0.122. The summed E-state index contributed by atoms with van der Waals surface area (Å²) in [6.45, 7) is 12.2. The lowest BCUT2D eigenvalue weighted by atomic mass is 10.1. The fourth-order valence-corrected chi connectivity index (χ4v) is 4.81. The fourth-order valence-electron chi connectivity index (χ4n) is 4.81. The van der Waals surface area contributed by atoms with E-state index in [1.807, 2.05) is 34.6 Å². The topological polar surface area (TPSA) is 125 Å². The first-order chi connectivity index (χ1) is 21.0. The van der Waals surface area contributed by atoms with Crippen LogP contribution in [0.15, 0.2) is 42.7 Å². The molecule has 0 spiro atoms. The number of nitrogens with zero attached hydrogens (tertiary/aromatic N) is 4. The van der Waals surface area contributed by atoms with Gasteiger partial charge in [0.25, 0.3) is 0 Å². The summed E-state index contributed by atoms with van der Waals surface area (Å²) in [6.07, 6.45) is 4.95. The molecule has 1 aromatic heterocycles. The van der Waals surface area contributed by atoms with Crippen molar-refractivity contribution in [2.75, 3.05) is 38.2 Å². The average Bonchev–Trinajstić information content (AvgIpc) is 3.92. The van der Waals surface area contributed by atoms with Gasteiger partial charge in [0.15, 0.2) is 0 Å². The molecular weight excluding hydrogens is 565 g/mol. The minimum absolute atomic E-state index is 0.00590. The molecular formula is C33H44FN5O5. The van der Waals surface area contributed by atoms with Gasteiger partial charge in [0, 0.05) is 49.6 Å². The number of amides is 3. The summed E-state index contributed by atoms with van der Waals surface area (Å²) in [7, 11) is 1.71. The van der Waals surface area contributed by atoms with Gasteiger partial charge in [0.05, 0.1) is 36.4 Å². The van der Waals surface area contributed by atoms with E-state index in [1.165, 1.54) is 11.0 Å². The van der Waals surface area contributed by atoms with Crippen LogP contribution in [0.2, 0.25) is 0 Å². The first-order valence-electron chi connectivity index (χ1n) is 15.1. The summed E-state index contributed by atoms with van der Waals surface area (Å²) in [4.78, 5) is 41.1. The van der Waals surface area contributed by atoms with Crippen LogP contribution in [0.25, 0.3) is 11.1 Å². The van der Waals surface area contributed by atoms with E-state index in [4.69, 9.17) is 14.7 Å². The van der Waals surface area contributed by atoms with Crippen molar-refractivity contribution in [2.45, 2.75) is 59.2 Å². The van der Waals surface area contributed by atoms with Crippen LogP contribution in [-0.4, -0.2) is 73.3 Å². The highest BCUT2D eigenvalue weighted by atomic mass is 19.1. The van der Waals surface area contributed by atoms with Gasteiger partial charge in [-0.3, -0.25) is 19.5 Å². The van der Waals surface area contributed by atoms with Gasteiger partial charge in [-0.25, -0.2) is 9.18 Å². The molecule has 2 aliphatic heterocycles. The lowest BCUT2D eigenvalue weighted by Gasteiger charge is -2.14. The van der Waals surface area contributed by atoms with Crippen LogP contribution in [0.4, 0.5) is 14.9 Å². The van der Waals surface area contributed by atoms with Gasteiger partial charge in [-0.1, -0.05) is 19.9 Å². The maximum Gasteiger partial charge on any atom is 0.414 e. The first kappa shape index (κ1) is 34.5. The number of likely N-dealkylation sites (tertiary alicyclic amines) is 1. The van der Waals surface area contributed by atoms with Crippen molar-refractivity contribution in [1.82, 2.24) is 15.2 Å². The summed E-state index contributed by atoms with van der Waals surface area (Å²) in [6, 6.07) is 10.4. The fraction of sp³-hybridized carbons (Fsp3) is 0.545. The van der Waals surface area contributed by atoms with Crippen molar-refractivity contribution in [3.8, 4) is 17.2 Å². The highest BCUT2D eigenvalue weighted by Crippen LogP contribution is 2.50. The Morgan fingerprint density at radius 2 is 1.86 bits per heavy atom. The molecule has 2 aromatic rings. The minimum Gasteiger partial charge on any atom is -0.442 e. The summed E-state index contributed by atoms with van der Waals surface area (Å²) in [5.74, 6) is 0.957. The van der Waals surface area contributed by atoms with Crippen molar-refractivity contribution in [2.24, 2.45) is 23.7 Å². The molecule has 11 heteroatoms. The number of hydrogen-bond donors (Lipinski definition) is 1. The number of methoxy groups -OCH3 is 1. The zero-order valence-electron chi connectivity index (χ0n) is 26.5. The number of pyridine rings is 1. The molecule has 238 valence electrons. The normalized spacial score (nSPS) is 22.8. The number of carbonyl (C=O) groups excluding carboxylic acids is 3. The molecule has 3 amide bonds. The van der Waals surface area contributed by atoms with Crippen LogP contribution >= 0.6 is 0 Å². The Hall–Kier alpha value is -4.04. The van der Waals surface area contributed by atoms with Gasteiger partial charge in [-0.05, 0) is 69.7 Å². The number of carbonyl (C=O) groups is 3. The summed E-state index contributed by atoms with van der Waals surface area (Å²) in [5, 5.41) is 11.3. The Morgan fingerprint density at radius 3 is 2.36 bits per heavy atom. The number of ether oxygens (including phenoxy) is 2. The van der Waals surface area contributed by atoms with Crippen LogP contribution in [0.5, 0.6) is 0 Å². The number of aromatic nitrogens is 1. The van der Waals surface area contributed by atoms with Gasteiger partial charge in [-0.15, -0.1) is 0 Å². The van der Waals surface area contributed by atoms with Gasteiger partial charge >= 0.3 is 6.09 Å². The molecule has 2 unspecified atom stereocenters. The van der Waals surface area contributed by atoms with Crippen LogP contribution in [0, 0.1) is 40.8 Å². The number of benzene rings is 1. The number of cyclic esters (lactones) is 1. The van der Waals surface area contributed by atoms with Gasteiger partial charge < -0.3 is 19.7 Å². The van der Waals surface area contributed by atoms with E-state index in [0.29, 0.717) is 28.7 Å². The second-order valence-electron chi connectivity index (χ2n) is 11.9. The summed E-state index contributed by atoms with van der Waals surface area (Å²) in [5.41, 5.74) is 1.56. The van der Waals surface area contributed by atoms with E-state index < -0.39 is 18.0 Å². The van der Waals surface area contributed by atoms with Crippen molar-refractivity contribution < 1.29 is 28.2 Å². The number of fused-ring (bicyclic) bond motifs is 1. The summed E-state index contributed by atoms with van der Waals surface area (Å²) >= 11 is 0. The average molecular weight is 610 g/mol. The molecule has 2 saturated heterocycles. The molecule has 44 heavy (non-hydrogen) atoms. The van der Waals surface area contributed by atoms with Crippen molar-refractivity contribution >= 4 is 24.1 Å². The van der Waals surface area contributed by atoms with Gasteiger partial charge in [0.2, 0.25) is 12.3 Å². The van der Waals surface area contributed by atoms with E-state index in [1.54, 1.807) is 48.7 Å². The third-order valence-electron chi connectivity index (χ3n) is 7.70. The van der Waals surface area contributed by atoms with Crippen LogP contribution in [-0.2, 0) is 19.1 Å². The van der Waals surface area contributed by atoms with E-state index >= 15 is 0 Å². The molecule has 2 aliphatic carbocycles. The second kappa shape index (κ2) is 15.6. The first-order valence-corrected chi connectivity index (χ1v) is 15.1. The second-order valence-corrected chi connectivity index (χ2v) is 11.9. The van der Waals surface area contributed by atoms with E-state index in [-0.39, 0.29) is 36.4 Å². The van der Waals surface area contributed by atoms with Crippen molar-refractivity contribution in [3.05, 3.63) is 48.5 Å². The molecule has 3 heterocycles. The molecule has 4 aliphatic rings. The Morgan fingerprint density at radius 1 is 1.20 bits per heavy atom. The number of rotatable bonds is 6. The molecule has 4 fully saturated rings.